The molecule has 5 heteroatoms. The molecular formula is C97H94BN3S. The van der Waals surface area contributed by atoms with Crippen molar-refractivity contribution in [2.45, 2.75) is 172 Å². The number of anilines is 3. The van der Waals surface area contributed by atoms with Crippen LogP contribution in [-0.2, 0) is 37.9 Å². The molecular weight excluding hydrogens is 1250 g/mol. The van der Waals surface area contributed by atoms with Gasteiger partial charge in [0, 0.05) is 59.6 Å². The third kappa shape index (κ3) is 10.3. The quantitative estimate of drug-likeness (QED) is 0.159. The zero-order valence-corrected chi connectivity index (χ0v) is 63.7. The van der Waals surface area contributed by atoms with Crippen LogP contribution < -0.4 is 21.3 Å². The minimum Gasteiger partial charge on any atom is -0.311 e. The average molecular weight is 1340 g/mol. The fourth-order valence-electron chi connectivity index (χ4n) is 17.2. The molecule has 5 heterocycles. The molecule has 0 saturated carbocycles. The van der Waals surface area contributed by atoms with E-state index in [0.29, 0.717) is 0 Å². The highest BCUT2D eigenvalue weighted by atomic mass is 32.2. The maximum absolute atomic E-state index is 2.74. The first-order chi connectivity index (χ1) is 48.3. The van der Waals surface area contributed by atoms with Crippen molar-refractivity contribution in [1.82, 2.24) is 9.13 Å². The second kappa shape index (κ2) is 22.7. The smallest absolute Gasteiger partial charge is 0.247 e. The zero-order chi connectivity index (χ0) is 71.3. The van der Waals surface area contributed by atoms with Gasteiger partial charge in [0.05, 0.1) is 33.2 Å². The predicted octanol–water partition coefficient (Wildman–Crippen LogP) is 24.5. The summed E-state index contributed by atoms with van der Waals surface area (Å²) in [6, 6.07) is 96.5. The number of benzene rings is 12. The van der Waals surface area contributed by atoms with Crippen molar-refractivity contribution in [3.05, 3.63) is 298 Å². The van der Waals surface area contributed by atoms with Gasteiger partial charge in [0.15, 0.2) is 0 Å². The first-order valence-electron chi connectivity index (χ1n) is 37.0. The molecule has 0 amide bonds. The fourth-order valence-corrected chi connectivity index (χ4v) is 18.4. The molecule has 3 aliphatic rings. The van der Waals surface area contributed by atoms with Crippen LogP contribution in [0, 0.1) is 0 Å². The molecule has 0 unspecified atom stereocenters. The lowest BCUT2D eigenvalue weighted by molar-refractivity contribution is 0.590. The number of nitrogens with zero attached hydrogens (tertiary/aromatic N) is 3. The molecule has 2 aromatic heterocycles. The molecule has 506 valence electrons. The average Bonchev–Trinajstić information content (AvgIpc) is 1.22. The summed E-state index contributed by atoms with van der Waals surface area (Å²) in [4.78, 5) is 5.29. The van der Waals surface area contributed by atoms with E-state index in [1.807, 2.05) is 11.8 Å². The van der Waals surface area contributed by atoms with Crippen molar-refractivity contribution in [3.63, 3.8) is 0 Å². The van der Waals surface area contributed by atoms with Crippen LogP contribution in [0.2, 0.25) is 0 Å². The van der Waals surface area contributed by atoms with Gasteiger partial charge < -0.3 is 14.0 Å². The highest BCUT2D eigenvalue weighted by Crippen LogP contribution is 2.59. The van der Waals surface area contributed by atoms with Gasteiger partial charge in [-0.2, -0.15) is 0 Å². The van der Waals surface area contributed by atoms with Crippen molar-refractivity contribution in [2.24, 2.45) is 0 Å². The Labute approximate surface area is 609 Å². The van der Waals surface area contributed by atoms with Crippen LogP contribution in [0.4, 0.5) is 17.1 Å². The first kappa shape index (κ1) is 65.7. The second-order valence-electron chi connectivity index (χ2n) is 35.9. The van der Waals surface area contributed by atoms with Crippen molar-refractivity contribution in [1.29, 1.82) is 0 Å². The van der Waals surface area contributed by atoms with E-state index in [2.05, 4.69) is 381 Å². The summed E-state index contributed by atoms with van der Waals surface area (Å²) in [6.07, 6.45) is 0. The van der Waals surface area contributed by atoms with E-state index < -0.39 is 5.41 Å². The highest BCUT2D eigenvalue weighted by molar-refractivity contribution is 7.99. The Hall–Kier alpha value is -9.55. The second-order valence-corrected chi connectivity index (χ2v) is 36.9. The molecule has 0 fully saturated rings. The summed E-state index contributed by atoms with van der Waals surface area (Å²) in [5.74, 6) is 0. The number of fused-ring (bicyclic) bond motifs is 16. The van der Waals surface area contributed by atoms with Crippen LogP contribution in [0.15, 0.2) is 252 Å². The van der Waals surface area contributed by atoms with Gasteiger partial charge in [-0.15, -0.1) is 0 Å². The van der Waals surface area contributed by atoms with Crippen molar-refractivity contribution < 1.29 is 0 Å². The molecule has 17 rings (SSSR count). The predicted molar refractivity (Wildman–Crippen MR) is 440 cm³/mol. The van der Waals surface area contributed by atoms with Gasteiger partial charge >= 0.3 is 0 Å². The lowest BCUT2D eigenvalue weighted by Gasteiger charge is -2.51. The van der Waals surface area contributed by atoms with E-state index in [9.17, 15) is 0 Å². The molecule has 3 nitrogen and oxygen atoms in total. The highest BCUT2D eigenvalue weighted by Gasteiger charge is 2.55. The van der Waals surface area contributed by atoms with Gasteiger partial charge in [0.2, 0.25) is 6.71 Å². The van der Waals surface area contributed by atoms with Crippen LogP contribution in [0.25, 0.3) is 77.2 Å². The standard InChI is InChI=1S/C97H94BN3S/c1-91(2,3)62-30-26-29-60(49-62)61-35-42-79-77(50-61)97(75-31-22-24-33-88(75)102-89-34-25-23-32-76(89)97)78-56-69(100-84-47-39-66(95(13,14)15)54-73(84)74-55-67(96(16,17)18)40-48-85(74)100)58-87-90(78)98(79)80-43-41-68(57-86(80)101(87)81-44-36-63(92(4,5)6)51-70(81)59-27-20-19-21-28-59)99-82-45-37-64(93(7,8)9)52-71(82)72-53-65(94(10,11)12)38-46-83(72)99/h19-58H,1-18H3. The van der Waals surface area contributed by atoms with E-state index in [1.165, 1.54) is 153 Å². The summed E-state index contributed by atoms with van der Waals surface area (Å²) in [7, 11) is 0. The molecule has 0 atom stereocenters. The molecule has 0 aliphatic carbocycles. The summed E-state index contributed by atoms with van der Waals surface area (Å²) in [5.41, 5.74) is 31.2. The normalized spacial score (nSPS) is 14.4. The molecule has 0 saturated heterocycles. The zero-order valence-electron chi connectivity index (χ0n) is 62.9. The lowest BCUT2D eigenvalue weighted by Crippen LogP contribution is -2.65. The number of aromatic nitrogens is 2. The number of rotatable bonds is 5. The van der Waals surface area contributed by atoms with Crippen LogP contribution in [-0.4, -0.2) is 15.8 Å². The Morgan fingerprint density at radius 2 is 0.706 bits per heavy atom. The van der Waals surface area contributed by atoms with Crippen LogP contribution in [0.3, 0.4) is 0 Å². The van der Waals surface area contributed by atoms with Gasteiger partial charge in [0.1, 0.15) is 0 Å². The Morgan fingerprint density at radius 3 is 1.22 bits per heavy atom. The largest absolute Gasteiger partial charge is 0.311 e. The SMILES string of the molecule is CC(C)(C)c1cccc(-c2ccc3c(c2)C2(c4ccccc4Sc4ccccc42)c2cc(-n4c5ccc(C(C)(C)C)cc5c5cc(C(C)(C)C)ccc54)cc4c2B3c2ccc(-n3c5ccc(C(C)(C)C)cc5c5cc(C(C)(C)C)ccc53)cc2N4c2ccc(C(C)(C)C)cc2-c2ccccc2)c1. The molecule has 14 aromatic rings. The van der Waals surface area contributed by atoms with E-state index >= 15 is 0 Å². The number of hydrogen-bond acceptors (Lipinski definition) is 2. The van der Waals surface area contributed by atoms with E-state index in [0.717, 1.165) is 22.7 Å². The van der Waals surface area contributed by atoms with E-state index in [1.54, 1.807) is 0 Å². The Kier molecular flexibility index (Phi) is 14.6. The van der Waals surface area contributed by atoms with Crippen LogP contribution in [0.1, 0.15) is 180 Å². The maximum atomic E-state index is 2.74. The molecule has 0 radical (unpaired) electrons. The first-order valence-corrected chi connectivity index (χ1v) is 37.8. The van der Waals surface area contributed by atoms with Gasteiger partial charge in [0.25, 0.3) is 0 Å². The fraction of sp³-hybridized carbons (Fsp3) is 0.258. The van der Waals surface area contributed by atoms with Gasteiger partial charge in [-0.1, -0.05) is 287 Å². The van der Waals surface area contributed by atoms with Crippen molar-refractivity contribution >= 4 is 95.5 Å². The van der Waals surface area contributed by atoms with Crippen LogP contribution >= 0.6 is 11.8 Å². The summed E-state index contributed by atoms with van der Waals surface area (Å²) >= 11 is 1.92. The Morgan fingerprint density at radius 1 is 0.284 bits per heavy atom. The third-order valence-corrected chi connectivity index (χ3v) is 24.1. The summed E-state index contributed by atoms with van der Waals surface area (Å²) < 4.78 is 5.22. The Bertz CT molecular complexity index is 5620. The molecule has 0 bridgehead atoms. The maximum Gasteiger partial charge on any atom is 0.247 e. The minimum atomic E-state index is -0.804. The Balaban J connectivity index is 1.07. The topological polar surface area (TPSA) is 13.1 Å². The minimum absolute atomic E-state index is 0.0426. The lowest BCUT2D eigenvalue weighted by atomic mass is 9.29. The third-order valence-electron chi connectivity index (χ3n) is 23.0. The van der Waals surface area contributed by atoms with Gasteiger partial charge in [-0.05, 0) is 213 Å². The molecule has 1 spiro atoms. The number of hydrogen-bond donors (Lipinski definition) is 0. The monoisotopic (exact) mass is 1340 g/mol. The van der Waals surface area contributed by atoms with Gasteiger partial charge in [-0.25, -0.2) is 0 Å². The summed E-state index contributed by atoms with van der Waals surface area (Å²) in [6.45, 7) is 42.0. The summed E-state index contributed by atoms with van der Waals surface area (Å²) in [5, 5.41) is 5.09. The van der Waals surface area contributed by atoms with Gasteiger partial charge in [-0.3, -0.25) is 0 Å². The molecule has 3 aliphatic heterocycles. The molecule has 12 aromatic carbocycles. The molecule has 102 heavy (non-hydrogen) atoms. The van der Waals surface area contributed by atoms with Crippen molar-refractivity contribution in [2.75, 3.05) is 4.90 Å². The molecule has 0 N–H and O–H groups in total. The van der Waals surface area contributed by atoms with Crippen LogP contribution in [0.5, 0.6) is 0 Å². The van der Waals surface area contributed by atoms with E-state index in [4.69, 9.17) is 0 Å². The van der Waals surface area contributed by atoms with E-state index in [-0.39, 0.29) is 39.2 Å². The van der Waals surface area contributed by atoms with Crippen molar-refractivity contribution in [3.8, 4) is 33.6 Å².